The molecule has 0 bridgehead atoms. The van der Waals surface area contributed by atoms with E-state index in [0.717, 1.165) is 21.5 Å². The predicted octanol–water partition coefficient (Wildman–Crippen LogP) is 6.03. The Morgan fingerprint density at radius 2 is 1.67 bits per heavy atom. The number of phenols is 1. The van der Waals surface area contributed by atoms with Crippen molar-refractivity contribution in [1.29, 1.82) is 0 Å². The van der Waals surface area contributed by atoms with Crippen LogP contribution in [0.15, 0.2) is 41.6 Å². The van der Waals surface area contributed by atoms with Crippen LogP contribution in [0.4, 0.5) is 0 Å². The molecular weight excluding hydrogens is 360 g/mol. The number of aromatic hydroxyl groups is 1. The summed E-state index contributed by atoms with van der Waals surface area (Å²) < 4.78 is 0. The first-order valence-electron chi connectivity index (χ1n) is 8.18. The van der Waals surface area contributed by atoms with Crippen LogP contribution < -0.4 is 0 Å². The van der Waals surface area contributed by atoms with Crippen molar-refractivity contribution in [1.82, 2.24) is 0 Å². The van der Waals surface area contributed by atoms with E-state index in [4.69, 9.17) is 0 Å². The molecule has 0 amide bonds. The Bertz CT molecular complexity index is 523. The summed E-state index contributed by atoms with van der Waals surface area (Å²) in [5.41, 5.74) is 1.29. The molecule has 24 heavy (non-hydrogen) atoms. The summed E-state index contributed by atoms with van der Waals surface area (Å²) in [6, 6.07) is 7.39. The third-order valence-electron chi connectivity index (χ3n) is 3.22. The van der Waals surface area contributed by atoms with E-state index in [1.807, 2.05) is 12.1 Å². The Morgan fingerprint density at radius 3 is 1.92 bits per heavy atom. The Labute approximate surface area is 168 Å². The normalized spacial score (nSPS) is 12.9. The number of hydrogen-bond acceptors (Lipinski definition) is 1. The number of rotatable bonds is 1. The maximum atomic E-state index is 9.18. The maximum absolute atomic E-state index is 9.18. The van der Waals surface area contributed by atoms with E-state index in [0.29, 0.717) is 5.75 Å². The molecule has 0 unspecified atom stereocenters. The van der Waals surface area contributed by atoms with Gasteiger partial charge < -0.3 is 5.11 Å². The van der Waals surface area contributed by atoms with Crippen molar-refractivity contribution in [2.75, 3.05) is 0 Å². The fourth-order valence-corrected chi connectivity index (χ4v) is 3.14. The van der Waals surface area contributed by atoms with Crippen molar-refractivity contribution < 1.29 is 26.8 Å². The topological polar surface area (TPSA) is 20.2 Å². The van der Waals surface area contributed by atoms with Crippen LogP contribution in [0, 0.1) is 6.08 Å². The average Bonchev–Trinajstić information content (AvgIpc) is 2.93. The smallest absolute Gasteiger partial charge is 0.115 e. The van der Waals surface area contributed by atoms with Gasteiger partial charge in [-0.3, -0.25) is 6.08 Å². The van der Waals surface area contributed by atoms with E-state index in [1.165, 1.54) is 5.20 Å². The fourth-order valence-electron chi connectivity index (χ4n) is 1.89. The zero-order valence-corrected chi connectivity index (χ0v) is 20.2. The van der Waals surface area contributed by atoms with Crippen molar-refractivity contribution in [2.24, 2.45) is 0 Å². The Hall–Kier alpha value is -0.352. The summed E-state index contributed by atoms with van der Waals surface area (Å²) in [7, 11) is 0.0779. The van der Waals surface area contributed by atoms with Crippen molar-refractivity contribution in [3.05, 3.63) is 53.3 Å². The minimum atomic E-state index is -1.01. The van der Waals surface area contributed by atoms with Crippen LogP contribution in [0.5, 0.6) is 5.75 Å². The van der Waals surface area contributed by atoms with Crippen LogP contribution in [0.1, 0.15) is 32.8 Å². The molecule has 1 aliphatic carbocycles. The van der Waals surface area contributed by atoms with E-state index in [9.17, 15) is 5.11 Å². The number of hydrogen-bond donors (Lipinski definition) is 1. The van der Waals surface area contributed by atoms with Crippen LogP contribution in [-0.4, -0.2) is 22.7 Å². The van der Waals surface area contributed by atoms with Crippen molar-refractivity contribution >= 4 is 17.6 Å². The molecular formula is C20H33OSi2Ti-. The summed E-state index contributed by atoms with van der Waals surface area (Å²) in [4.78, 5) is 0. The van der Waals surface area contributed by atoms with Gasteiger partial charge in [-0.25, -0.2) is 11.3 Å². The van der Waals surface area contributed by atoms with Crippen molar-refractivity contribution in [2.45, 2.75) is 65.3 Å². The Morgan fingerprint density at radius 1 is 1.12 bits per heavy atom. The molecule has 0 fully saturated rings. The van der Waals surface area contributed by atoms with E-state index >= 15 is 0 Å². The molecule has 1 aromatic carbocycles. The third-order valence-corrected chi connectivity index (χ3v) is 5.17. The van der Waals surface area contributed by atoms with Crippen LogP contribution in [0.2, 0.25) is 32.7 Å². The molecule has 0 atom stereocenters. The van der Waals surface area contributed by atoms with E-state index in [2.05, 4.69) is 71.7 Å². The molecule has 132 valence electrons. The van der Waals surface area contributed by atoms with Gasteiger partial charge in [0, 0.05) is 39.3 Å². The zero-order chi connectivity index (χ0) is 18.1. The van der Waals surface area contributed by atoms with Crippen LogP contribution >= 0.6 is 0 Å². The quantitative estimate of drug-likeness (QED) is 0.456. The van der Waals surface area contributed by atoms with Gasteiger partial charge in [0.15, 0.2) is 0 Å². The standard InChI is InChI=1S/C10H14O.C8H13Si.C2H6Si.Ti/c1-10(2,3)8-5-4-6-9(11)7-8;1-9(2,3)8-6-4-5-7-8;1-3-2;/h4-7,11H,1-3H3;4,6H,5H2,1-3H3;1-2H3;/q;-1;;. The molecule has 2 rings (SSSR count). The first-order chi connectivity index (χ1) is 10.5. The van der Waals surface area contributed by atoms with Gasteiger partial charge in [0.05, 0.1) is 0 Å². The second-order valence-electron chi connectivity index (χ2n) is 7.75. The zero-order valence-electron chi connectivity index (χ0n) is 16.6. The van der Waals surface area contributed by atoms with E-state index < -0.39 is 8.07 Å². The third kappa shape index (κ3) is 11.2. The molecule has 0 aromatic heterocycles. The monoisotopic (exact) mass is 393 g/mol. The number of phenolic OH excluding ortho intramolecular Hbond substituents is 1. The molecule has 4 heteroatoms. The largest absolute Gasteiger partial charge is 0.508 e. The van der Waals surface area contributed by atoms with Crippen molar-refractivity contribution in [3.8, 4) is 5.75 Å². The molecule has 0 saturated carbocycles. The molecule has 1 aliphatic rings. The van der Waals surface area contributed by atoms with Gasteiger partial charge >= 0.3 is 0 Å². The molecule has 0 heterocycles. The summed E-state index contributed by atoms with van der Waals surface area (Å²) in [5, 5.41) is 10.7. The first kappa shape index (κ1) is 25.9. The molecule has 0 saturated heterocycles. The van der Waals surface area contributed by atoms with Gasteiger partial charge in [0.2, 0.25) is 0 Å². The molecule has 1 N–H and O–H groups in total. The predicted molar refractivity (Wildman–Crippen MR) is 108 cm³/mol. The Balaban J connectivity index is 0. The van der Waals surface area contributed by atoms with E-state index in [1.54, 1.807) is 12.1 Å². The van der Waals surface area contributed by atoms with E-state index in [-0.39, 0.29) is 27.1 Å². The number of allylic oxidation sites excluding steroid dienone is 4. The first-order valence-corrected chi connectivity index (χ1v) is 13.7. The second-order valence-corrected chi connectivity index (χ2v) is 13.8. The van der Waals surface area contributed by atoms with Gasteiger partial charge in [-0.15, -0.1) is 6.42 Å². The molecule has 1 nitrogen and oxygen atoms in total. The van der Waals surface area contributed by atoms with Gasteiger partial charge in [0.25, 0.3) is 0 Å². The van der Waals surface area contributed by atoms with Gasteiger partial charge in [-0.2, -0.15) is 6.08 Å². The molecule has 0 spiro atoms. The van der Waals surface area contributed by atoms with Crippen LogP contribution in [-0.2, 0) is 27.1 Å². The van der Waals surface area contributed by atoms with Crippen LogP contribution in [0.25, 0.3) is 0 Å². The average molecular weight is 394 g/mol. The maximum Gasteiger partial charge on any atom is 0.115 e. The second kappa shape index (κ2) is 12.1. The van der Waals surface area contributed by atoms with Gasteiger partial charge in [-0.05, 0) is 23.1 Å². The fraction of sp³-hybridized carbons (Fsp3) is 0.500. The Kier molecular flexibility index (Phi) is 13.0. The minimum Gasteiger partial charge on any atom is -0.508 e. The van der Waals surface area contributed by atoms with Crippen LogP contribution in [0.3, 0.4) is 0 Å². The van der Waals surface area contributed by atoms with Gasteiger partial charge in [-0.1, -0.05) is 65.6 Å². The minimum absolute atomic E-state index is 0. The summed E-state index contributed by atoms with van der Waals surface area (Å²) >= 11 is 0. The molecule has 2 radical (unpaired) electrons. The summed E-state index contributed by atoms with van der Waals surface area (Å²) in [6.45, 7) is 17.7. The molecule has 0 aliphatic heterocycles. The van der Waals surface area contributed by atoms with Gasteiger partial charge in [0.1, 0.15) is 5.75 Å². The number of benzene rings is 1. The summed E-state index contributed by atoms with van der Waals surface area (Å²) in [5.74, 6) is 0.345. The molecule has 1 aromatic rings. The SMILES string of the molecule is CC(C)(C)c1cccc(O)c1.C[Si](C)(C)C1=[C-]CC=C1.C[Si]C.[Ti]. The van der Waals surface area contributed by atoms with Crippen molar-refractivity contribution in [3.63, 3.8) is 0 Å². The summed E-state index contributed by atoms with van der Waals surface area (Å²) in [6.07, 6.45) is 8.82.